The van der Waals surface area contributed by atoms with Crippen LogP contribution in [-0.2, 0) is 0 Å². The van der Waals surface area contributed by atoms with Crippen LogP contribution in [0.25, 0.3) is 0 Å². The van der Waals surface area contributed by atoms with Crippen molar-refractivity contribution in [3.8, 4) is 0 Å². The Balaban J connectivity index is 2.23. The molecule has 0 saturated heterocycles. The Bertz CT molecular complexity index is 141. The van der Waals surface area contributed by atoms with Gasteiger partial charge < -0.3 is 0 Å². The number of allylic oxidation sites excluding steroid dienone is 2. The second kappa shape index (κ2) is 5.11. The van der Waals surface area contributed by atoms with Crippen LogP contribution in [0.3, 0.4) is 0 Å². The van der Waals surface area contributed by atoms with Crippen molar-refractivity contribution in [1.82, 2.24) is 0 Å². The highest BCUT2D eigenvalue weighted by atomic mass is 14.8. The van der Waals surface area contributed by atoms with E-state index in [1.54, 1.807) is 0 Å². The summed E-state index contributed by atoms with van der Waals surface area (Å²) in [4.78, 5) is 4.46. The molecule has 0 unspecified atom stereocenters. The van der Waals surface area contributed by atoms with Crippen LogP contribution in [0.1, 0.15) is 39.0 Å². The minimum absolute atomic E-state index is 0.625. The molecular formula is C10H17N. The first-order valence-electron chi connectivity index (χ1n) is 4.58. The third kappa shape index (κ3) is 3.35. The van der Waals surface area contributed by atoms with Crippen molar-refractivity contribution >= 4 is 6.21 Å². The van der Waals surface area contributed by atoms with Crippen molar-refractivity contribution in [1.29, 1.82) is 0 Å². The Labute approximate surface area is 69.2 Å². The lowest BCUT2D eigenvalue weighted by atomic mass is 9.96. The van der Waals surface area contributed by atoms with Crippen molar-refractivity contribution in [3.63, 3.8) is 0 Å². The molecule has 1 heteroatoms. The maximum Gasteiger partial charge on any atom is 0.0499 e. The second-order valence-electron chi connectivity index (χ2n) is 3.12. The van der Waals surface area contributed by atoms with Gasteiger partial charge in [0.15, 0.2) is 0 Å². The van der Waals surface area contributed by atoms with Gasteiger partial charge in [-0.05, 0) is 25.8 Å². The molecule has 0 aliphatic heterocycles. The fraction of sp³-hybridized carbons (Fsp3) is 0.700. The highest BCUT2D eigenvalue weighted by molar-refractivity contribution is 5.70. The molecule has 1 rings (SSSR count). The van der Waals surface area contributed by atoms with Crippen LogP contribution >= 0.6 is 0 Å². The average Bonchev–Trinajstić information content (AvgIpc) is 2.07. The lowest BCUT2D eigenvalue weighted by molar-refractivity contribution is 0.444. The molecule has 0 heterocycles. The average molecular weight is 151 g/mol. The standard InChI is InChI=1S/C10H17N/c1-2-3-9-11-10-7-5-4-6-8-10/h2-3,9-10H,4-8H2,1H3. The SMILES string of the molecule is CC=CC=NC1CCCCC1. The first-order chi connectivity index (χ1) is 5.43. The van der Waals surface area contributed by atoms with Gasteiger partial charge in [-0.25, -0.2) is 0 Å². The van der Waals surface area contributed by atoms with Crippen molar-refractivity contribution in [3.05, 3.63) is 12.2 Å². The number of rotatable bonds is 2. The molecule has 1 saturated carbocycles. The lowest BCUT2D eigenvalue weighted by Gasteiger charge is -2.16. The highest BCUT2D eigenvalue weighted by Crippen LogP contribution is 2.19. The largest absolute Gasteiger partial charge is 0.290 e. The fourth-order valence-corrected chi connectivity index (χ4v) is 1.49. The summed E-state index contributed by atoms with van der Waals surface area (Å²) >= 11 is 0. The van der Waals surface area contributed by atoms with E-state index in [9.17, 15) is 0 Å². The van der Waals surface area contributed by atoms with Gasteiger partial charge in [0.2, 0.25) is 0 Å². The molecule has 1 nitrogen and oxygen atoms in total. The molecule has 0 aromatic heterocycles. The van der Waals surface area contributed by atoms with E-state index in [2.05, 4.69) is 4.99 Å². The molecule has 1 aliphatic rings. The molecule has 0 bridgehead atoms. The number of aliphatic imine (C=N–C) groups is 1. The normalized spacial score (nSPS) is 21.9. The maximum atomic E-state index is 4.46. The monoisotopic (exact) mass is 151 g/mol. The van der Waals surface area contributed by atoms with Gasteiger partial charge >= 0.3 is 0 Å². The van der Waals surface area contributed by atoms with Crippen molar-refractivity contribution < 1.29 is 0 Å². The summed E-state index contributed by atoms with van der Waals surface area (Å²) in [5.41, 5.74) is 0. The Morgan fingerprint density at radius 1 is 1.18 bits per heavy atom. The zero-order valence-corrected chi connectivity index (χ0v) is 7.29. The van der Waals surface area contributed by atoms with Gasteiger partial charge in [0.05, 0.1) is 0 Å². The van der Waals surface area contributed by atoms with E-state index in [-0.39, 0.29) is 0 Å². The zero-order chi connectivity index (χ0) is 7.94. The summed E-state index contributed by atoms with van der Waals surface area (Å²) in [5.74, 6) is 0. The van der Waals surface area contributed by atoms with E-state index in [0.29, 0.717) is 6.04 Å². The topological polar surface area (TPSA) is 12.4 Å². The molecule has 0 spiro atoms. The number of hydrogen-bond acceptors (Lipinski definition) is 1. The van der Waals surface area contributed by atoms with Gasteiger partial charge in [0.25, 0.3) is 0 Å². The van der Waals surface area contributed by atoms with Gasteiger partial charge in [0, 0.05) is 12.3 Å². The van der Waals surface area contributed by atoms with E-state index < -0.39 is 0 Å². The Morgan fingerprint density at radius 3 is 2.55 bits per heavy atom. The predicted molar refractivity (Wildman–Crippen MR) is 50.2 cm³/mol. The van der Waals surface area contributed by atoms with E-state index in [1.165, 1.54) is 32.1 Å². The number of hydrogen-bond donors (Lipinski definition) is 0. The third-order valence-corrected chi connectivity index (χ3v) is 2.15. The van der Waals surface area contributed by atoms with Crippen LogP contribution in [0.15, 0.2) is 17.1 Å². The van der Waals surface area contributed by atoms with Crippen LogP contribution in [0, 0.1) is 0 Å². The molecule has 0 aromatic carbocycles. The summed E-state index contributed by atoms with van der Waals surface area (Å²) in [5, 5.41) is 0. The molecule has 1 aliphatic carbocycles. The minimum Gasteiger partial charge on any atom is -0.290 e. The van der Waals surface area contributed by atoms with Crippen LogP contribution in [-0.4, -0.2) is 12.3 Å². The van der Waals surface area contributed by atoms with Gasteiger partial charge in [-0.1, -0.05) is 25.3 Å². The smallest absolute Gasteiger partial charge is 0.0499 e. The Kier molecular flexibility index (Phi) is 3.95. The summed E-state index contributed by atoms with van der Waals surface area (Å²) < 4.78 is 0. The molecule has 0 radical (unpaired) electrons. The van der Waals surface area contributed by atoms with Crippen molar-refractivity contribution in [2.75, 3.05) is 0 Å². The van der Waals surface area contributed by atoms with Gasteiger partial charge in [-0.15, -0.1) is 0 Å². The molecule has 0 N–H and O–H groups in total. The molecule has 0 atom stereocenters. The summed E-state index contributed by atoms with van der Waals surface area (Å²) in [6.45, 7) is 2.02. The molecule has 0 aromatic rings. The Morgan fingerprint density at radius 2 is 1.91 bits per heavy atom. The summed E-state index contributed by atoms with van der Waals surface area (Å²) in [6.07, 6.45) is 12.7. The lowest BCUT2D eigenvalue weighted by Crippen LogP contribution is -2.09. The van der Waals surface area contributed by atoms with E-state index >= 15 is 0 Å². The fourth-order valence-electron chi connectivity index (χ4n) is 1.49. The van der Waals surface area contributed by atoms with Crippen LogP contribution < -0.4 is 0 Å². The molecule has 62 valence electrons. The maximum absolute atomic E-state index is 4.46. The van der Waals surface area contributed by atoms with Gasteiger partial charge in [-0.2, -0.15) is 0 Å². The second-order valence-corrected chi connectivity index (χ2v) is 3.12. The highest BCUT2D eigenvalue weighted by Gasteiger charge is 2.09. The van der Waals surface area contributed by atoms with Crippen LogP contribution in [0.5, 0.6) is 0 Å². The van der Waals surface area contributed by atoms with Crippen molar-refractivity contribution in [2.45, 2.75) is 45.1 Å². The minimum atomic E-state index is 0.625. The number of nitrogens with zero attached hydrogens (tertiary/aromatic N) is 1. The van der Waals surface area contributed by atoms with Gasteiger partial charge in [-0.3, -0.25) is 4.99 Å². The molecule has 11 heavy (non-hydrogen) atoms. The Hall–Kier alpha value is -0.590. The zero-order valence-electron chi connectivity index (χ0n) is 7.29. The van der Waals surface area contributed by atoms with Crippen molar-refractivity contribution in [2.24, 2.45) is 4.99 Å². The van der Waals surface area contributed by atoms with E-state index in [4.69, 9.17) is 0 Å². The van der Waals surface area contributed by atoms with Gasteiger partial charge in [0.1, 0.15) is 0 Å². The first kappa shape index (κ1) is 8.51. The molecule has 1 fully saturated rings. The predicted octanol–water partition coefficient (Wildman–Crippen LogP) is 2.97. The molecule has 0 amide bonds. The first-order valence-corrected chi connectivity index (χ1v) is 4.58. The summed E-state index contributed by atoms with van der Waals surface area (Å²) in [6, 6.07) is 0.625. The van der Waals surface area contributed by atoms with Crippen LogP contribution in [0.4, 0.5) is 0 Å². The summed E-state index contributed by atoms with van der Waals surface area (Å²) in [7, 11) is 0. The molecular weight excluding hydrogens is 134 g/mol. The third-order valence-electron chi connectivity index (χ3n) is 2.15. The van der Waals surface area contributed by atoms with E-state index in [1.807, 2.05) is 25.3 Å². The van der Waals surface area contributed by atoms with Crippen LogP contribution in [0.2, 0.25) is 0 Å². The quantitative estimate of drug-likeness (QED) is 0.538. The van der Waals surface area contributed by atoms with E-state index in [0.717, 1.165) is 0 Å².